The highest BCUT2D eigenvalue weighted by Crippen LogP contribution is 2.09. The molecule has 0 spiro atoms. The van der Waals surface area contributed by atoms with Crippen LogP contribution in [0.25, 0.3) is 0 Å². The zero-order chi connectivity index (χ0) is 13.7. The molecule has 0 radical (unpaired) electrons. The summed E-state index contributed by atoms with van der Waals surface area (Å²) in [5.74, 6) is -0.255. The number of likely N-dealkylation sites (tertiary alicyclic amines) is 1. The van der Waals surface area contributed by atoms with Crippen molar-refractivity contribution < 1.29 is 14.3 Å². The molecule has 0 aliphatic carbocycles. The third-order valence-electron chi connectivity index (χ3n) is 3.29. The Bertz CT molecular complexity index is 422. The number of hydrogen-bond acceptors (Lipinski definition) is 2. The second-order valence-corrected chi connectivity index (χ2v) is 4.85. The third kappa shape index (κ3) is 4.21. The molecule has 4 nitrogen and oxygen atoms in total. The van der Waals surface area contributed by atoms with Gasteiger partial charge in [0.2, 0.25) is 0 Å². The van der Waals surface area contributed by atoms with Gasteiger partial charge in [0, 0.05) is 19.6 Å². The van der Waals surface area contributed by atoms with Gasteiger partial charge in [-0.2, -0.15) is 0 Å². The van der Waals surface area contributed by atoms with Gasteiger partial charge >= 0.3 is 6.03 Å². The summed E-state index contributed by atoms with van der Waals surface area (Å²) in [6.07, 6.45) is 1.87. The van der Waals surface area contributed by atoms with Gasteiger partial charge in [-0.05, 0) is 37.0 Å². The SMILES string of the molecule is O=C(NCCc1ccc(F)cc1)N1CCCC(O)C1. The van der Waals surface area contributed by atoms with Crippen molar-refractivity contribution >= 4 is 6.03 Å². The van der Waals surface area contributed by atoms with Crippen LogP contribution in [0.3, 0.4) is 0 Å². The van der Waals surface area contributed by atoms with Gasteiger partial charge in [0.15, 0.2) is 0 Å². The molecule has 0 aromatic heterocycles. The van der Waals surface area contributed by atoms with Crippen LogP contribution >= 0.6 is 0 Å². The summed E-state index contributed by atoms with van der Waals surface area (Å²) in [5.41, 5.74) is 0.986. The normalized spacial score (nSPS) is 19.3. The zero-order valence-corrected chi connectivity index (χ0v) is 10.8. The van der Waals surface area contributed by atoms with E-state index in [0.29, 0.717) is 26.1 Å². The van der Waals surface area contributed by atoms with Gasteiger partial charge in [0.1, 0.15) is 5.82 Å². The van der Waals surface area contributed by atoms with Crippen LogP contribution in [-0.2, 0) is 6.42 Å². The van der Waals surface area contributed by atoms with Crippen molar-refractivity contribution in [2.24, 2.45) is 0 Å². The highest BCUT2D eigenvalue weighted by Gasteiger charge is 2.21. The summed E-state index contributed by atoms with van der Waals surface area (Å²) in [6, 6.07) is 6.12. The second kappa shape index (κ2) is 6.52. The number of benzene rings is 1. The number of urea groups is 1. The molecule has 0 bridgehead atoms. The van der Waals surface area contributed by atoms with Crippen molar-refractivity contribution in [1.29, 1.82) is 0 Å². The number of nitrogens with one attached hydrogen (secondary N) is 1. The molecule has 1 aliphatic rings. The van der Waals surface area contributed by atoms with E-state index in [1.54, 1.807) is 17.0 Å². The van der Waals surface area contributed by atoms with Crippen molar-refractivity contribution in [2.45, 2.75) is 25.4 Å². The molecule has 1 aromatic carbocycles. The Morgan fingerprint density at radius 3 is 2.84 bits per heavy atom. The summed E-state index contributed by atoms with van der Waals surface area (Å²) >= 11 is 0. The molecule has 1 fully saturated rings. The largest absolute Gasteiger partial charge is 0.391 e. The number of carbonyl (C=O) groups is 1. The number of piperidine rings is 1. The maximum absolute atomic E-state index is 12.7. The average molecular weight is 266 g/mol. The fourth-order valence-corrected chi connectivity index (χ4v) is 2.22. The van der Waals surface area contributed by atoms with Crippen molar-refractivity contribution in [1.82, 2.24) is 10.2 Å². The highest BCUT2D eigenvalue weighted by molar-refractivity contribution is 5.74. The first-order valence-electron chi connectivity index (χ1n) is 6.60. The number of hydrogen-bond donors (Lipinski definition) is 2. The first-order valence-corrected chi connectivity index (χ1v) is 6.60. The van der Waals surface area contributed by atoms with Crippen molar-refractivity contribution in [3.05, 3.63) is 35.6 Å². The standard InChI is InChI=1S/C14H19FN2O2/c15-12-5-3-11(4-6-12)7-8-16-14(19)17-9-1-2-13(18)10-17/h3-6,13,18H,1-2,7-10H2,(H,16,19). The van der Waals surface area contributed by atoms with E-state index in [1.165, 1.54) is 12.1 Å². The predicted octanol–water partition coefficient (Wildman–Crippen LogP) is 1.53. The van der Waals surface area contributed by atoms with Gasteiger partial charge in [0.25, 0.3) is 0 Å². The molecule has 2 amide bonds. The van der Waals surface area contributed by atoms with Gasteiger partial charge in [0.05, 0.1) is 6.10 Å². The number of halogens is 1. The van der Waals surface area contributed by atoms with Crippen LogP contribution in [0.4, 0.5) is 9.18 Å². The van der Waals surface area contributed by atoms with Crippen molar-refractivity contribution in [2.75, 3.05) is 19.6 Å². The number of amides is 2. The van der Waals surface area contributed by atoms with Gasteiger partial charge in [-0.15, -0.1) is 0 Å². The quantitative estimate of drug-likeness (QED) is 0.872. The van der Waals surface area contributed by atoms with Gasteiger partial charge in [-0.25, -0.2) is 9.18 Å². The summed E-state index contributed by atoms with van der Waals surface area (Å²) < 4.78 is 12.7. The Kier molecular flexibility index (Phi) is 4.74. The maximum Gasteiger partial charge on any atom is 0.317 e. The Labute approximate surface area is 112 Å². The Morgan fingerprint density at radius 1 is 1.42 bits per heavy atom. The third-order valence-corrected chi connectivity index (χ3v) is 3.29. The smallest absolute Gasteiger partial charge is 0.317 e. The molecule has 2 N–H and O–H groups in total. The number of aliphatic hydroxyl groups is 1. The van der Waals surface area contributed by atoms with E-state index in [1.807, 2.05) is 0 Å². The number of aliphatic hydroxyl groups excluding tert-OH is 1. The minimum absolute atomic E-state index is 0.138. The fourth-order valence-electron chi connectivity index (χ4n) is 2.22. The number of carbonyl (C=O) groups excluding carboxylic acids is 1. The van der Waals surface area contributed by atoms with Crippen LogP contribution in [0, 0.1) is 5.82 Å². The van der Waals surface area contributed by atoms with E-state index in [-0.39, 0.29) is 11.8 Å². The minimum atomic E-state index is -0.406. The molecular formula is C14H19FN2O2. The molecule has 2 rings (SSSR count). The lowest BCUT2D eigenvalue weighted by Crippen LogP contribution is -2.47. The topological polar surface area (TPSA) is 52.6 Å². The lowest BCUT2D eigenvalue weighted by molar-refractivity contribution is 0.0843. The van der Waals surface area contributed by atoms with E-state index >= 15 is 0 Å². The van der Waals surface area contributed by atoms with E-state index in [0.717, 1.165) is 18.4 Å². The van der Waals surface area contributed by atoms with E-state index < -0.39 is 6.10 Å². The maximum atomic E-state index is 12.7. The van der Waals surface area contributed by atoms with Crippen LogP contribution in [0.2, 0.25) is 0 Å². The van der Waals surface area contributed by atoms with Crippen LogP contribution in [0.15, 0.2) is 24.3 Å². The molecule has 1 heterocycles. The van der Waals surface area contributed by atoms with Crippen LogP contribution in [0.5, 0.6) is 0 Å². The zero-order valence-electron chi connectivity index (χ0n) is 10.8. The summed E-state index contributed by atoms with van der Waals surface area (Å²) in [5, 5.41) is 12.3. The molecule has 104 valence electrons. The second-order valence-electron chi connectivity index (χ2n) is 4.85. The van der Waals surface area contributed by atoms with Crippen LogP contribution < -0.4 is 5.32 Å². The summed E-state index contributed by atoms with van der Waals surface area (Å²) in [6.45, 7) is 1.61. The fraction of sp³-hybridized carbons (Fsp3) is 0.500. The van der Waals surface area contributed by atoms with Crippen LogP contribution in [0.1, 0.15) is 18.4 Å². The summed E-state index contributed by atoms with van der Waals surface area (Å²) in [4.78, 5) is 13.5. The molecule has 0 saturated carbocycles. The van der Waals surface area contributed by atoms with Crippen LogP contribution in [-0.4, -0.2) is 41.8 Å². The molecule has 1 aromatic rings. The van der Waals surface area contributed by atoms with E-state index in [9.17, 15) is 14.3 Å². The predicted molar refractivity (Wildman–Crippen MR) is 70.3 cm³/mol. The molecular weight excluding hydrogens is 247 g/mol. The lowest BCUT2D eigenvalue weighted by Gasteiger charge is -2.30. The van der Waals surface area contributed by atoms with Crippen molar-refractivity contribution in [3.63, 3.8) is 0 Å². The first kappa shape index (κ1) is 13.8. The van der Waals surface area contributed by atoms with E-state index in [2.05, 4.69) is 5.32 Å². The molecule has 1 saturated heterocycles. The minimum Gasteiger partial charge on any atom is -0.391 e. The number of rotatable bonds is 3. The van der Waals surface area contributed by atoms with E-state index in [4.69, 9.17) is 0 Å². The molecule has 1 aliphatic heterocycles. The molecule has 5 heteroatoms. The Balaban J connectivity index is 1.73. The molecule has 1 unspecified atom stereocenters. The summed E-state index contributed by atoms with van der Waals surface area (Å²) in [7, 11) is 0. The highest BCUT2D eigenvalue weighted by atomic mass is 19.1. The number of nitrogens with zero attached hydrogens (tertiary/aromatic N) is 1. The molecule has 19 heavy (non-hydrogen) atoms. The van der Waals surface area contributed by atoms with Crippen molar-refractivity contribution in [3.8, 4) is 0 Å². The monoisotopic (exact) mass is 266 g/mol. The Morgan fingerprint density at radius 2 is 2.16 bits per heavy atom. The average Bonchev–Trinajstić information content (AvgIpc) is 2.41. The molecule has 1 atom stereocenters. The lowest BCUT2D eigenvalue weighted by atomic mass is 10.1. The van der Waals surface area contributed by atoms with Gasteiger partial charge in [-0.3, -0.25) is 0 Å². The first-order chi connectivity index (χ1) is 9.15. The number of β-amino-alcohol motifs (C(OH)–C–C–N with tert-alkyl or cyclic N) is 1. The Hall–Kier alpha value is -1.62. The van der Waals surface area contributed by atoms with Gasteiger partial charge < -0.3 is 15.3 Å². The van der Waals surface area contributed by atoms with Gasteiger partial charge in [-0.1, -0.05) is 12.1 Å².